The van der Waals surface area contributed by atoms with E-state index in [1.54, 1.807) is 37.3 Å². The molecule has 0 spiro atoms. The molecule has 0 saturated heterocycles. The Morgan fingerprint density at radius 1 is 1.05 bits per heavy atom. The van der Waals surface area contributed by atoms with Crippen molar-refractivity contribution >= 4 is 25.8 Å². The summed E-state index contributed by atoms with van der Waals surface area (Å²) in [4.78, 5) is 11.3. The van der Waals surface area contributed by atoms with Crippen molar-refractivity contribution in [3.63, 3.8) is 0 Å². The third kappa shape index (κ3) is 6.69. The molecule has 0 saturated carbocycles. The van der Waals surface area contributed by atoms with Crippen LogP contribution >= 0.6 is 0 Å². The molecule has 0 radical (unpaired) electrons. The summed E-state index contributed by atoms with van der Waals surface area (Å²) in [5.41, 5.74) is 1.42. The number of nitrogens with one attached hydrogen (secondary N) is 1. The van der Waals surface area contributed by atoms with Gasteiger partial charge >= 0.3 is 5.97 Å². The minimum absolute atomic E-state index is 0.0584. The SMILES string of the molecule is CCC(Oc1cc(-c2ccccc2S(C)(=O)=O)ccc1CCNS(=O)(=O)c1cc(C#N)ccc1O)C(=O)O. The summed E-state index contributed by atoms with van der Waals surface area (Å²) in [6.45, 7) is 1.50. The van der Waals surface area contributed by atoms with Gasteiger partial charge in [-0.25, -0.2) is 26.4 Å². The van der Waals surface area contributed by atoms with Gasteiger partial charge in [0.15, 0.2) is 15.9 Å². The number of rotatable bonds is 11. The first-order chi connectivity index (χ1) is 17.9. The van der Waals surface area contributed by atoms with Crippen LogP contribution in [0.3, 0.4) is 0 Å². The Morgan fingerprint density at radius 2 is 1.76 bits per heavy atom. The van der Waals surface area contributed by atoms with Gasteiger partial charge in [0.1, 0.15) is 16.4 Å². The van der Waals surface area contributed by atoms with E-state index in [9.17, 15) is 31.8 Å². The molecule has 0 aliphatic carbocycles. The lowest BCUT2D eigenvalue weighted by atomic mass is 10.0. The highest BCUT2D eigenvalue weighted by Gasteiger charge is 2.22. The predicted molar refractivity (Wildman–Crippen MR) is 139 cm³/mol. The molecule has 12 heteroatoms. The van der Waals surface area contributed by atoms with Crippen LogP contribution in [0.25, 0.3) is 11.1 Å². The van der Waals surface area contributed by atoms with E-state index >= 15 is 0 Å². The van der Waals surface area contributed by atoms with Crippen LogP contribution in [0.1, 0.15) is 24.5 Å². The van der Waals surface area contributed by atoms with E-state index in [1.807, 2.05) is 6.07 Å². The van der Waals surface area contributed by atoms with Gasteiger partial charge in [-0.15, -0.1) is 0 Å². The minimum Gasteiger partial charge on any atom is -0.507 e. The normalized spacial score (nSPS) is 12.4. The molecule has 0 heterocycles. The van der Waals surface area contributed by atoms with Crippen LogP contribution in [0.5, 0.6) is 11.5 Å². The Labute approximate surface area is 221 Å². The zero-order valence-electron chi connectivity index (χ0n) is 20.6. The van der Waals surface area contributed by atoms with Gasteiger partial charge in [-0.3, -0.25) is 0 Å². The smallest absolute Gasteiger partial charge is 0.344 e. The Kier molecular flexibility index (Phi) is 8.78. The molecule has 10 nitrogen and oxygen atoms in total. The van der Waals surface area contributed by atoms with Gasteiger partial charge in [0.2, 0.25) is 10.0 Å². The van der Waals surface area contributed by atoms with E-state index in [1.165, 1.54) is 18.2 Å². The van der Waals surface area contributed by atoms with E-state index < -0.39 is 42.6 Å². The standard InChI is InChI=1S/C26H26N2O8S2/c1-3-22(26(30)31)36-23-15-19(20-6-4-5-7-24(20)37(2,32)33)10-9-18(23)12-13-28-38(34,35)25-14-17(16-27)8-11-21(25)29/h4-11,14-15,22,28-29H,3,12-13H2,1-2H3,(H,30,31). The number of ether oxygens (including phenoxy) is 1. The fourth-order valence-corrected chi connectivity index (χ4v) is 5.79. The molecule has 3 rings (SSSR count). The Morgan fingerprint density at radius 3 is 2.39 bits per heavy atom. The van der Waals surface area contributed by atoms with Crippen LogP contribution in [-0.2, 0) is 31.1 Å². The zero-order valence-corrected chi connectivity index (χ0v) is 22.2. The third-order valence-electron chi connectivity index (χ3n) is 5.64. The summed E-state index contributed by atoms with van der Waals surface area (Å²) >= 11 is 0. The van der Waals surface area contributed by atoms with Crippen molar-refractivity contribution in [3.05, 3.63) is 71.8 Å². The summed E-state index contributed by atoms with van der Waals surface area (Å²) in [6, 6.07) is 16.4. The summed E-state index contributed by atoms with van der Waals surface area (Å²) < 4.78 is 58.2. The molecule has 0 aliphatic rings. The van der Waals surface area contributed by atoms with Crippen molar-refractivity contribution in [2.45, 2.75) is 35.7 Å². The maximum Gasteiger partial charge on any atom is 0.344 e. The van der Waals surface area contributed by atoms with E-state index in [2.05, 4.69) is 4.72 Å². The lowest BCUT2D eigenvalue weighted by Crippen LogP contribution is -2.28. The number of nitrogens with zero attached hydrogens (tertiary/aromatic N) is 1. The second-order valence-corrected chi connectivity index (χ2v) is 12.1. The number of nitriles is 1. The lowest BCUT2D eigenvalue weighted by Gasteiger charge is -2.18. The molecule has 1 atom stereocenters. The zero-order chi connectivity index (χ0) is 28.1. The van der Waals surface area contributed by atoms with Gasteiger partial charge in [-0.1, -0.05) is 37.3 Å². The average Bonchev–Trinajstić information content (AvgIpc) is 2.87. The predicted octanol–water partition coefficient (Wildman–Crippen LogP) is 3.10. The van der Waals surface area contributed by atoms with E-state index in [-0.39, 0.29) is 35.6 Å². The van der Waals surface area contributed by atoms with E-state index in [4.69, 9.17) is 10.00 Å². The third-order valence-corrected chi connectivity index (χ3v) is 8.29. The minimum atomic E-state index is -4.17. The van der Waals surface area contributed by atoms with Crippen molar-refractivity contribution in [1.82, 2.24) is 4.72 Å². The van der Waals surface area contributed by atoms with Gasteiger partial charge < -0.3 is 14.9 Å². The molecule has 3 N–H and O–H groups in total. The highest BCUT2D eigenvalue weighted by Crippen LogP contribution is 2.33. The van der Waals surface area contributed by atoms with Gasteiger partial charge in [0, 0.05) is 18.4 Å². The van der Waals surface area contributed by atoms with Crippen molar-refractivity contribution in [3.8, 4) is 28.7 Å². The van der Waals surface area contributed by atoms with Gasteiger partial charge in [-0.05, 0) is 54.3 Å². The second kappa shape index (κ2) is 11.6. The molecular formula is C26H26N2O8S2. The Balaban J connectivity index is 1.95. The molecule has 38 heavy (non-hydrogen) atoms. The van der Waals surface area contributed by atoms with E-state index in [0.717, 1.165) is 18.4 Å². The van der Waals surface area contributed by atoms with Gasteiger partial charge in [0.25, 0.3) is 0 Å². The number of hydrogen-bond acceptors (Lipinski definition) is 8. The fraction of sp³-hybridized carbons (Fsp3) is 0.231. The summed E-state index contributed by atoms with van der Waals surface area (Å²) in [7, 11) is -7.74. The first-order valence-corrected chi connectivity index (χ1v) is 14.8. The molecule has 200 valence electrons. The molecule has 0 aliphatic heterocycles. The molecule has 0 amide bonds. The van der Waals surface area contributed by atoms with Crippen molar-refractivity contribution < 1.29 is 36.6 Å². The number of carboxylic acid groups (broad SMARTS) is 1. The number of sulfonamides is 1. The number of sulfone groups is 1. The Hall–Kier alpha value is -3.92. The molecule has 0 fully saturated rings. The van der Waals surface area contributed by atoms with E-state index in [0.29, 0.717) is 16.7 Å². The monoisotopic (exact) mass is 558 g/mol. The highest BCUT2D eigenvalue weighted by atomic mass is 32.2. The summed E-state index contributed by atoms with van der Waals surface area (Å²) in [6.07, 6.45) is 0.138. The Bertz CT molecular complexity index is 1610. The fourth-order valence-electron chi connectivity index (χ4n) is 3.73. The maximum atomic E-state index is 12.7. The summed E-state index contributed by atoms with van der Waals surface area (Å²) in [5.74, 6) is -1.54. The maximum absolute atomic E-state index is 12.7. The first-order valence-electron chi connectivity index (χ1n) is 11.4. The number of aromatic hydroxyl groups is 1. The molecular weight excluding hydrogens is 532 g/mol. The molecule has 3 aromatic carbocycles. The largest absolute Gasteiger partial charge is 0.507 e. The van der Waals surface area contributed by atoms with Crippen LogP contribution in [0.4, 0.5) is 0 Å². The van der Waals surface area contributed by atoms with Gasteiger partial charge in [0.05, 0.1) is 16.5 Å². The van der Waals surface area contributed by atoms with Gasteiger partial charge in [-0.2, -0.15) is 5.26 Å². The number of carbonyl (C=O) groups is 1. The number of carboxylic acids is 1. The van der Waals surface area contributed by atoms with Crippen LogP contribution in [0.15, 0.2) is 70.5 Å². The molecule has 0 aromatic heterocycles. The molecule has 0 bridgehead atoms. The number of hydrogen-bond donors (Lipinski definition) is 3. The lowest BCUT2D eigenvalue weighted by molar-refractivity contribution is -0.145. The average molecular weight is 559 g/mol. The van der Waals surface area contributed by atoms with Crippen molar-refractivity contribution in [2.24, 2.45) is 0 Å². The molecule has 1 unspecified atom stereocenters. The summed E-state index contributed by atoms with van der Waals surface area (Å²) in [5, 5.41) is 28.5. The topological polar surface area (TPSA) is 171 Å². The first kappa shape index (κ1) is 28.6. The number of phenols is 1. The van der Waals surface area contributed by atoms with Crippen molar-refractivity contribution in [1.29, 1.82) is 5.26 Å². The second-order valence-electron chi connectivity index (χ2n) is 8.39. The van der Waals surface area contributed by atoms with Crippen molar-refractivity contribution in [2.75, 3.05) is 12.8 Å². The highest BCUT2D eigenvalue weighted by molar-refractivity contribution is 7.91. The quantitative estimate of drug-likeness (QED) is 0.320. The molecule has 3 aromatic rings. The van der Waals surface area contributed by atoms with Crippen LogP contribution in [0.2, 0.25) is 0 Å². The van der Waals surface area contributed by atoms with Crippen LogP contribution in [-0.4, -0.2) is 51.9 Å². The van der Waals surface area contributed by atoms with Crippen LogP contribution < -0.4 is 9.46 Å². The number of benzene rings is 3. The van der Waals surface area contributed by atoms with Crippen LogP contribution in [0, 0.1) is 11.3 Å². The number of aliphatic carboxylic acids is 1. The number of phenolic OH excluding ortho intramolecular Hbond substituents is 1.